The molecule has 32 heavy (non-hydrogen) atoms. The molecule has 0 radical (unpaired) electrons. The number of amides is 1. The second-order valence-electron chi connectivity index (χ2n) is 8.19. The summed E-state index contributed by atoms with van der Waals surface area (Å²) in [7, 11) is 3.34. The highest BCUT2D eigenvalue weighted by molar-refractivity contribution is 5.97. The molecule has 4 rings (SSSR count). The van der Waals surface area contributed by atoms with Crippen LogP contribution in [0.3, 0.4) is 0 Å². The van der Waals surface area contributed by atoms with Gasteiger partial charge in [-0.1, -0.05) is 42.5 Å². The maximum Gasteiger partial charge on any atom is 0.228 e. The SMILES string of the molecule is COc1ccc(-c2ccccc2NC(=O)[C@@H]2CCCN(Cc3cccc(OC)c3)C2)cc1. The van der Waals surface area contributed by atoms with E-state index in [0.717, 1.165) is 60.8 Å². The second-order valence-corrected chi connectivity index (χ2v) is 8.19. The highest BCUT2D eigenvalue weighted by atomic mass is 16.5. The van der Waals surface area contributed by atoms with E-state index in [4.69, 9.17) is 9.47 Å². The predicted octanol–water partition coefficient (Wildman–Crippen LogP) is 5.22. The summed E-state index contributed by atoms with van der Waals surface area (Å²) in [5.74, 6) is 1.73. The number of para-hydroxylation sites is 1. The normalized spacial score (nSPS) is 16.4. The molecule has 1 heterocycles. The van der Waals surface area contributed by atoms with E-state index >= 15 is 0 Å². The van der Waals surface area contributed by atoms with Gasteiger partial charge in [-0.3, -0.25) is 9.69 Å². The summed E-state index contributed by atoms with van der Waals surface area (Å²) in [5.41, 5.74) is 4.10. The first kappa shape index (κ1) is 21.9. The van der Waals surface area contributed by atoms with Crippen molar-refractivity contribution in [2.24, 2.45) is 5.92 Å². The third-order valence-corrected chi connectivity index (χ3v) is 6.00. The van der Waals surface area contributed by atoms with Crippen LogP contribution in [0.15, 0.2) is 72.8 Å². The van der Waals surface area contributed by atoms with Crippen molar-refractivity contribution in [3.63, 3.8) is 0 Å². The molecule has 3 aromatic carbocycles. The van der Waals surface area contributed by atoms with Gasteiger partial charge in [0, 0.05) is 24.3 Å². The van der Waals surface area contributed by atoms with Crippen LogP contribution in [0.1, 0.15) is 18.4 Å². The van der Waals surface area contributed by atoms with Gasteiger partial charge >= 0.3 is 0 Å². The zero-order valence-electron chi connectivity index (χ0n) is 18.7. The average Bonchev–Trinajstić information content (AvgIpc) is 2.85. The van der Waals surface area contributed by atoms with Gasteiger partial charge in [0.25, 0.3) is 0 Å². The van der Waals surface area contributed by atoms with Crippen LogP contribution in [0.4, 0.5) is 5.69 Å². The van der Waals surface area contributed by atoms with Crippen molar-refractivity contribution in [2.75, 3.05) is 32.6 Å². The van der Waals surface area contributed by atoms with Crippen molar-refractivity contribution in [3.8, 4) is 22.6 Å². The minimum absolute atomic E-state index is 0.0294. The number of hydrogen-bond donors (Lipinski definition) is 1. The summed E-state index contributed by atoms with van der Waals surface area (Å²) in [4.78, 5) is 15.5. The average molecular weight is 431 g/mol. The molecule has 1 fully saturated rings. The van der Waals surface area contributed by atoms with Gasteiger partial charge in [0.2, 0.25) is 5.91 Å². The van der Waals surface area contributed by atoms with E-state index in [1.54, 1.807) is 14.2 Å². The van der Waals surface area contributed by atoms with Crippen molar-refractivity contribution in [1.29, 1.82) is 0 Å². The van der Waals surface area contributed by atoms with Gasteiger partial charge in [-0.05, 0) is 60.8 Å². The van der Waals surface area contributed by atoms with Crippen LogP contribution in [0.2, 0.25) is 0 Å². The van der Waals surface area contributed by atoms with E-state index in [2.05, 4.69) is 22.3 Å². The molecule has 166 valence electrons. The Morgan fingerprint density at radius 1 is 0.969 bits per heavy atom. The van der Waals surface area contributed by atoms with Crippen molar-refractivity contribution < 1.29 is 14.3 Å². The molecular formula is C27H30N2O3. The quantitative estimate of drug-likeness (QED) is 0.558. The molecule has 5 nitrogen and oxygen atoms in total. The van der Waals surface area contributed by atoms with Crippen LogP contribution in [0.5, 0.6) is 11.5 Å². The van der Waals surface area contributed by atoms with Crippen LogP contribution >= 0.6 is 0 Å². The van der Waals surface area contributed by atoms with E-state index in [1.165, 1.54) is 5.56 Å². The van der Waals surface area contributed by atoms with Gasteiger partial charge in [-0.2, -0.15) is 0 Å². The molecule has 0 bridgehead atoms. The first-order valence-corrected chi connectivity index (χ1v) is 11.1. The number of methoxy groups -OCH3 is 2. The van der Waals surface area contributed by atoms with Gasteiger partial charge in [0.15, 0.2) is 0 Å². The lowest BCUT2D eigenvalue weighted by Gasteiger charge is -2.32. The van der Waals surface area contributed by atoms with E-state index in [1.807, 2.05) is 60.7 Å². The van der Waals surface area contributed by atoms with Crippen LogP contribution in [-0.2, 0) is 11.3 Å². The summed E-state index contributed by atoms with van der Waals surface area (Å²) in [6, 6.07) is 24.0. The lowest BCUT2D eigenvalue weighted by Crippen LogP contribution is -2.40. The van der Waals surface area contributed by atoms with E-state index in [9.17, 15) is 4.79 Å². The Balaban J connectivity index is 1.43. The fourth-order valence-electron chi connectivity index (χ4n) is 4.29. The third-order valence-electron chi connectivity index (χ3n) is 6.00. The molecule has 1 aliphatic rings. The van der Waals surface area contributed by atoms with Gasteiger partial charge in [0.05, 0.1) is 20.1 Å². The highest BCUT2D eigenvalue weighted by Gasteiger charge is 2.26. The molecule has 1 N–H and O–H groups in total. The first-order valence-electron chi connectivity index (χ1n) is 11.1. The number of nitrogens with one attached hydrogen (secondary N) is 1. The fraction of sp³-hybridized carbons (Fsp3) is 0.296. The number of hydrogen-bond acceptors (Lipinski definition) is 4. The van der Waals surface area contributed by atoms with Crippen molar-refractivity contribution in [2.45, 2.75) is 19.4 Å². The van der Waals surface area contributed by atoms with E-state index < -0.39 is 0 Å². The zero-order chi connectivity index (χ0) is 22.3. The van der Waals surface area contributed by atoms with Gasteiger partial charge in [-0.15, -0.1) is 0 Å². The van der Waals surface area contributed by atoms with Gasteiger partial charge in [0.1, 0.15) is 11.5 Å². The van der Waals surface area contributed by atoms with Crippen molar-refractivity contribution in [3.05, 3.63) is 78.4 Å². The minimum atomic E-state index is -0.0294. The fourth-order valence-corrected chi connectivity index (χ4v) is 4.29. The molecule has 1 atom stereocenters. The summed E-state index contributed by atoms with van der Waals surface area (Å²) < 4.78 is 10.6. The molecule has 5 heteroatoms. The molecule has 0 aliphatic carbocycles. The lowest BCUT2D eigenvalue weighted by molar-refractivity contribution is -0.121. The molecular weight excluding hydrogens is 400 g/mol. The number of nitrogens with zero attached hydrogens (tertiary/aromatic N) is 1. The maximum atomic E-state index is 13.2. The number of rotatable bonds is 7. The van der Waals surface area contributed by atoms with Gasteiger partial charge in [-0.25, -0.2) is 0 Å². The van der Waals surface area contributed by atoms with E-state index in [0.29, 0.717) is 0 Å². The number of carbonyl (C=O) groups excluding carboxylic acids is 1. The highest BCUT2D eigenvalue weighted by Crippen LogP contribution is 2.30. The molecule has 0 spiro atoms. The topological polar surface area (TPSA) is 50.8 Å². The van der Waals surface area contributed by atoms with Crippen LogP contribution in [-0.4, -0.2) is 38.1 Å². The molecule has 1 saturated heterocycles. The molecule has 1 aliphatic heterocycles. The van der Waals surface area contributed by atoms with Crippen LogP contribution in [0.25, 0.3) is 11.1 Å². The molecule has 0 unspecified atom stereocenters. The summed E-state index contributed by atoms with van der Waals surface area (Å²) >= 11 is 0. The molecule has 3 aromatic rings. The number of likely N-dealkylation sites (tertiary alicyclic amines) is 1. The van der Waals surface area contributed by atoms with Crippen molar-refractivity contribution >= 4 is 11.6 Å². The number of benzene rings is 3. The third kappa shape index (κ3) is 5.29. The number of carbonyl (C=O) groups is 1. The summed E-state index contributed by atoms with van der Waals surface area (Å²) in [5, 5.41) is 3.19. The maximum absolute atomic E-state index is 13.2. The van der Waals surface area contributed by atoms with Crippen LogP contribution < -0.4 is 14.8 Å². The van der Waals surface area contributed by atoms with E-state index in [-0.39, 0.29) is 11.8 Å². The Kier molecular flexibility index (Phi) is 7.07. The minimum Gasteiger partial charge on any atom is -0.497 e. The number of ether oxygens (including phenoxy) is 2. The Bertz CT molecular complexity index is 1050. The number of anilines is 1. The summed E-state index contributed by atoms with van der Waals surface area (Å²) in [6.45, 7) is 2.58. The Labute approximate surface area is 190 Å². The molecule has 1 amide bonds. The lowest BCUT2D eigenvalue weighted by atomic mass is 9.96. The number of piperidine rings is 1. The first-order chi connectivity index (χ1) is 15.7. The zero-order valence-corrected chi connectivity index (χ0v) is 18.7. The van der Waals surface area contributed by atoms with Crippen LogP contribution in [0, 0.1) is 5.92 Å². The summed E-state index contributed by atoms with van der Waals surface area (Å²) in [6.07, 6.45) is 1.92. The van der Waals surface area contributed by atoms with Gasteiger partial charge < -0.3 is 14.8 Å². The molecule has 0 saturated carbocycles. The smallest absolute Gasteiger partial charge is 0.228 e. The predicted molar refractivity (Wildman–Crippen MR) is 128 cm³/mol. The van der Waals surface area contributed by atoms with Crippen molar-refractivity contribution in [1.82, 2.24) is 4.90 Å². The Morgan fingerprint density at radius 2 is 1.75 bits per heavy atom. The molecule has 0 aromatic heterocycles. The Hall–Kier alpha value is -3.31. The monoisotopic (exact) mass is 430 g/mol. The Morgan fingerprint density at radius 3 is 2.53 bits per heavy atom. The standard InChI is InChI=1S/C27H30N2O3/c1-31-23-14-12-21(13-15-23)25-10-3-4-11-26(25)28-27(30)22-8-6-16-29(19-22)18-20-7-5-9-24(17-20)32-2/h3-5,7,9-15,17,22H,6,8,16,18-19H2,1-2H3,(H,28,30)/t22-/m1/s1. The second kappa shape index (κ2) is 10.3. The largest absolute Gasteiger partial charge is 0.497 e.